The summed E-state index contributed by atoms with van der Waals surface area (Å²) >= 11 is 0. The minimum atomic E-state index is -3.96. The average Bonchev–Trinajstić information content (AvgIpc) is 2.14. The van der Waals surface area contributed by atoms with E-state index < -0.39 is 28.5 Å². The van der Waals surface area contributed by atoms with Gasteiger partial charge in [0, 0.05) is 0 Å². The molecule has 0 saturated heterocycles. The molecular weight excluding hydrogens is 223 g/mol. The van der Waals surface area contributed by atoms with Gasteiger partial charge in [0.15, 0.2) is 0 Å². The Balaban J connectivity index is 3.40. The van der Waals surface area contributed by atoms with Crippen LogP contribution < -0.4 is 10.9 Å². The first-order chi connectivity index (χ1) is 6.86. The van der Waals surface area contributed by atoms with Crippen molar-refractivity contribution >= 4 is 10.0 Å². The van der Waals surface area contributed by atoms with E-state index in [2.05, 4.69) is 0 Å². The SMILES string of the molecule is N[C@H](CO)c1cc(F)ccc1S(N)(=O)=O. The minimum absolute atomic E-state index is 0.0278. The Kier molecular flexibility index (Phi) is 3.40. The number of nitrogens with two attached hydrogens (primary N) is 2. The van der Waals surface area contributed by atoms with Crippen LogP contribution in [0.3, 0.4) is 0 Å². The number of primary sulfonamides is 1. The average molecular weight is 234 g/mol. The molecule has 0 aliphatic rings. The van der Waals surface area contributed by atoms with Gasteiger partial charge in [0.05, 0.1) is 17.5 Å². The number of sulfonamides is 1. The lowest BCUT2D eigenvalue weighted by Gasteiger charge is -2.12. The predicted octanol–water partition coefficient (Wildman–Crippen LogP) is -0.535. The molecule has 1 rings (SSSR count). The molecule has 0 radical (unpaired) electrons. The first-order valence-electron chi connectivity index (χ1n) is 4.05. The normalized spacial score (nSPS) is 13.9. The molecule has 0 amide bonds. The highest BCUT2D eigenvalue weighted by Crippen LogP contribution is 2.20. The van der Waals surface area contributed by atoms with Gasteiger partial charge in [0.25, 0.3) is 0 Å². The van der Waals surface area contributed by atoms with Crippen molar-refractivity contribution in [2.45, 2.75) is 10.9 Å². The third-order valence-corrected chi connectivity index (χ3v) is 2.86. The summed E-state index contributed by atoms with van der Waals surface area (Å²) in [6, 6.07) is 1.96. The molecule has 0 aromatic heterocycles. The number of aliphatic hydroxyl groups is 1. The van der Waals surface area contributed by atoms with Gasteiger partial charge in [0.2, 0.25) is 10.0 Å². The summed E-state index contributed by atoms with van der Waals surface area (Å²) in [6.45, 7) is -0.494. The Hall–Kier alpha value is -1.02. The molecule has 1 atom stereocenters. The van der Waals surface area contributed by atoms with Crippen molar-refractivity contribution in [3.05, 3.63) is 29.6 Å². The fraction of sp³-hybridized carbons (Fsp3) is 0.250. The highest BCUT2D eigenvalue weighted by molar-refractivity contribution is 7.89. The van der Waals surface area contributed by atoms with E-state index in [4.69, 9.17) is 16.0 Å². The van der Waals surface area contributed by atoms with E-state index in [1.165, 1.54) is 0 Å². The summed E-state index contributed by atoms with van der Waals surface area (Å²) in [5, 5.41) is 13.7. The molecule has 0 unspecified atom stereocenters. The zero-order valence-corrected chi connectivity index (χ0v) is 8.54. The molecule has 0 aliphatic heterocycles. The van der Waals surface area contributed by atoms with Gasteiger partial charge in [-0.3, -0.25) is 0 Å². The first-order valence-corrected chi connectivity index (χ1v) is 5.59. The molecule has 5 nitrogen and oxygen atoms in total. The third kappa shape index (κ3) is 2.72. The van der Waals surface area contributed by atoms with Gasteiger partial charge in [-0.05, 0) is 23.8 Å². The van der Waals surface area contributed by atoms with E-state index in [0.717, 1.165) is 18.2 Å². The molecule has 0 spiro atoms. The Bertz CT molecular complexity index is 461. The van der Waals surface area contributed by atoms with Crippen LogP contribution in [-0.2, 0) is 10.0 Å². The Morgan fingerprint density at radius 2 is 2.07 bits per heavy atom. The second kappa shape index (κ2) is 4.23. The zero-order valence-electron chi connectivity index (χ0n) is 7.72. The standard InChI is InChI=1S/C8H11FN2O3S/c9-5-1-2-8(15(11,13)14)6(3-5)7(10)4-12/h1-3,7,12H,4,10H2,(H2,11,13,14)/t7-/m1/s1. The first kappa shape index (κ1) is 12.1. The highest BCUT2D eigenvalue weighted by atomic mass is 32.2. The molecule has 5 N–H and O–H groups in total. The number of halogens is 1. The van der Waals surface area contributed by atoms with Crippen LogP contribution in [0, 0.1) is 5.82 Å². The van der Waals surface area contributed by atoms with Crippen molar-refractivity contribution in [3.63, 3.8) is 0 Å². The van der Waals surface area contributed by atoms with E-state index in [-0.39, 0.29) is 10.5 Å². The van der Waals surface area contributed by atoms with Crippen LogP contribution >= 0.6 is 0 Å². The minimum Gasteiger partial charge on any atom is -0.394 e. The number of hydrogen-bond donors (Lipinski definition) is 3. The van der Waals surface area contributed by atoms with Crippen molar-refractivity contribution in [3.8, 4) is 0 Å². The summed E-state index contributed by atoms with van der Waals surface area (Å²) in [7, 11) is -3.96. The maximum Gasteiger partial charge on any atom is 0.238 e. The van der Waals surface area contributed by atoms with Crippen molar-refractivity contribution in [2.24, 2.45) is 10.9 Å². The fourth-order valence-corrected chi connectivity index (χ4v) is 1.96. The van der Waals surface area contributed by atoms with Crippen molar-refractivity contribution in [2.75, 3.05) is 6.61 Å². The molecule has 0 fully saturated rings. The van der Waals surface area contributed by atoms with Gasteiger partial charge < -0.3 is 10.8 Å². The van der Waals surface area contributed by atoms with Gasteiger partial charge in [0.1, 0.15) is 5.82 Å². The van der Waals surface area contributed by atoms with Crippen LogP contribution in [0.25, 0.3) is 0 Å². The van der Waals surface area contributed by atoms with E-state index in [1.54, 1.807) is 0 Å². The maximum atomic E-state index is 12.9. The van der Waals surface area contributed by atoms with Crippen LogP contribution in [0.1, 0.15) is 11.6 Å². The second-order valence-corrected chi connectivity index (χ2v) is 4.55. The van der Waals surface area contributed by atoms with Crippen LogP contribution in [0.4, 0.5) is 4.39 Å². The van der Waals surface area contributed by atoms with Crippen LogP contribution in [0.15, 0.2) is 23.1 Å². The fourth-order valence-electron chi connectivity index (χ4n) is 1.17. The molecular formula is C8H11FN2O3S. The van der Waals surface area contributed by atoms with Gasteiger partial charge in [-0.25, -0.2) is 17.9 Å². The number of aliphatic hydroxyl groups excluding tert-OH is 1. The van der Waals surface area contributed by atoms with Crippen LogP contribution in [0.5, 0.6) is 0 Å². The summed E-state index contributed by atoms with van der Waals surface area (Å²) in [5.41, 5.74) is 5.40. The van der Waals surface area contributed by atoms with Gasteiger partial charge >= 0.3 is 0 Å². The lowest BCUT2D eigenvalue weighted by atomic mass is 10.1. The lowest BCUT2D eigenvalue weighted by molar-refractivity contribution is 0.266. The van der Waals surface area contributed by atoms with Crippen LogP contribution in [-0.4, -0.2) is 20.1 Å². The summed E-state index contributed by atoms with van der Waals surface area (Å²) in [6.07, 6.45) is 0. The molecule has 1 aromatic carbocycles. The smallest absolute Gasteiger partial charge is 0.238 e. The molecule has 15 heavy (non-hydrogen) atoms. The molecule has 84 valence electrons. The topological polar surface area (TPSA) is 106 Å². The molecule has 0 saturated carbocycles. The highest BCUT2D eigenvalue weighted by Gasteiger charge is 2.18. The predicted molar refractivity (Wildman–Crippen MR) is 51.8 cm³/mol. The van der Waals surface area contributed by atoms with Crippen molar-refractivity contribution in [1.29, 1.82) is 0 Å². The molecule has 7 heteroatoms. The molecule has 0 heterocycles. The largest absolute Gasteiger partial charge is 0.394 e. The Morgan fingerprint density at radius 3 is 2.53 bits per heavy atom. The van der Waals surface area contributed by atoms with Gasteiger partial charge in [-0.2, -0.15) is 0 Å². The molecule has 0 bridgehead atoms. The zero-order chi connectivity index (χ0) is 11.6. The van der Waals surface area contributed by atoms with Crippen LogP contribution in [0.2, 0.25) is 0 Å². The quantitative estimate of drug-likeness (QED) is 0.653. The number of benzene rings is 1. The Morgan fingerprint density at radius 1 is 1.47 bits per heavy atom. The summed E-state index contributed by atoms with van der Waals surface area (Å²) in [5.74, 6) is -0.638. The van der Waals surface area contributed by atoms with Crippen molar-refractivity contribution in [1.82, 2.24) is 0 Å². The monoisotopic (exact) mass is 234 g/mol. The van der Waals surface area contributed by atoms with E-state index in [9.17, 15) is 12.8 Å². The molecule has 1 aromatic rings. The maximum absolute atomic E-state index is 12.9. The number of rotatable bonds is 3. The summed E-state index contributed by atoms with van der Waals surface area (Å²) in [4.78, 5) is -0.273. The van der Waals surface area contributed by atoms with E-state index in [1.807, 2.05) is 0 Å². The lowest BCUT2D eigenvalue weighted by Crippen LogP contribution is -2.21. The second-order valence-electron chi connectivity index (χ2n) is 3.02. The molecule has 0 aliphatic carbocycles. The third-order valence-electron chi connectivity index (χ3n) is 1.87. The van der Waals surface area contributed by atoms with Gasteiger partial charge in [-0.1, -0.05) is 0 Å². The summed E-state index contributed by atoms with van der Waals surface area (Å²) < 4.78 is 35.1. The van der Waals surface area contributed by atoms with E-state index >= 15 is 0 Å². The van der Waals surface area contributed by atoms with Gasteiger partial charge in [-0.15, -0.1) is 0 Å². The van der Waals surface area contributed by atoms with Crippen molar-refractivity contribution < 1.29 is 17.9 Å². The van der Waals surface area contributed by atoms with E-state index in [0.29, 0.717) is 0 Å². The number of hydrogen-bond acceptors (Lipinski definition) is 4. The Labute approximate surface area is 86.6 Å².